The van der Waals surface area contributed by atoms with Gasteiger partial charge in [0.2, 0.25) is 5.91 Å². The van der Waals surface area contributed by atoms with Gasteiger partial charge in [0.1, 0.15) is 5.75 Å². The molecule has 4 nitrogen and oxygen atoms in total. The number of hydrogen-bond donors (Lipinski definition) is 1. The molecule has 0 saturated carbocycles. The van der Waals surface area contributed by atoms with E-state index in [1.165, 1.54) is 28.0 Å². The Hall–Kier alpha value is -2.66. The number of nitrogens with zero attached hydrogens (tertiary/aromatic N) is 1. The molecule has 1 amide bonds. The lowest BCUT2D eigenvalue weighted by molar-refractivity contribution is -0.120. The van der Waals surface area contributed by atoms with E-state index >= 15 is 0 Å². The highest BCUT2D eigenvalue weighted by molar-refractivity contribution is 7.13. The quantitative estimate of drug-likeness (QED) is 0.703. The van der Waals surface area contributed by atoms with Crippen molar-refractivity contribution in [1.29, 1.82) is 0 Å². The molecule has 0 spiro atoms. The number of fused-ring (bicyclic) bond motifs is 1. The Kier molecular flexibility index (Phi) is 4.94. The van der Waals surface area contributed by atoms with Crippen molar-refractivity contribution in [3.63, 3.8) is 0 Å². The van der Waals surface area contributed by atoms with Gasteiger partial charge in [-0.05, 0) is 41.2 Å². The number of hydrogen-bond acceptors (Lipinski definition) is 4. The molecule has 0 unspecified atom stereocenters. The van der Waals surface area contributed by atoms with Crippen LogP contribution in [0.1, 0.15) is 35.2 Å². The number of nitrogens with one attached hydrogen (secondary N) is 1. The number of carbonyl (C=O) groups excluding carboxylic acids is 1. The largest absolute Gasteiger partial charge is 0.497 e. The number of benzene rings is 2. The highest BCUT2D eigenvalue weighted by Gasteiger charge is 2.34. The third-order valence-electron chi connectivity index (χ3n) is 5.25. The predicted molar refractivity (Wildman–Crippen MR) is 109 cm³/mol. The Morgan fingerprint density at radius 2 is 2.00 bits per heavy atom. The maximum Gasteiger partial charge on any atom is 0.230 e. The summed E-state index contributed by atoms with van der Waals surface area (Å²) in [5, 5.41) is 5.70. The summed E-state index contributed by atoms with van der Waals surface area (Å²) in [6.07, 6.45) is 1.54. The number of amides is 1. The first-order valence-corrected chi connectivity index (χ1v) is 9.98. The monoisotopic (exact) mass is 378 g/mol. The van der Waals surface area contributed by atoms with E-state index in [1.54, 1.807) is 7.11 Å². The predicted octanol–water partition coefficient (Wildman–Crippen LogP) is 4.66. The zero-order valence-corrected chi connectivity index (χ0v) is 16.3. The second-order valence-corrected chi connectivity index (χ2v) is 7.81. The molecule has 27 heavy (non-hydrogen) atoms. The van der Waals surface area contributed by atoms with Gasteiger partial charge in [-0.3, -0.25) is 4.79 Å². The van der Waals surface area contributed by atoms with Crippen molar-refractivity contribution in [3.8, 4) is 5.75 Å². The minimum Gasteiger partial charge on any atom is -0.497 e. The molecule has 1 aliphatic rings. The fourth-order valence-electron chi connectivity index (χ4n) is 3.71. The van der Waals surface area contributed by atoms with Crippen molar-refractivity contribution < 1.29 is 9.53 Å². The highest BCUT2D eigenvalue weighted by atomic mass is 32.1. The van der Waals surface area contributed by atoms with Gasteiger partial charge in [0.05, 0.1) is 12.8 Å². The van der Waals surface area contributed by atoms with Crippen molar-refractivity contribution in [1.82, 2.24) is 4.98 Å². The number of methoxy groups -OCH3 is 1. The van der Waals surface area contributed by atoms with Crippen LogP contribution in [0.25, 0.3) is 0 Å². The van der Waals surface area contributed by atoms with Crippen LogP contribution in [-0.4, -0.2) is 18.0 Å². The number of carbonyl (C=O) groups is 1. The van der Waals surface area contributed by atoms with Crippen LogP contribution in [0.5, 0.6) is 5.75 Å². The Bertz CT molecular complexity index is 949. The molecule has 5 heteroatoms. The molecule has 1 aromatic heterocycles. The maximum absolute atomic E-state index is 12.8. The van der Waals surface area contributed by atoms with Crippen molar-refractivity contribution in [2.24, 2.45) is 5.92 Å². The topological polar surface area (TPSA) is 51.2 Å². The fraction of sp³-hybridized carbons (Fsp3) is 0.273. The van der Waals surface area contributed by atoms with Crippen LogP contribution in [-0.2, 0) is 17.6 Å². The summed E-state index contributed by atoms with van der Waals surface area (Å²) in [7, 11) is 1.66. The van der Waals surface area contributed by atoms with Gasteiger partial charge in [-0.25, -0.2) is 4.98 Å². The van der Waals surface area contributed by atoms with Gasteiger partial charge in [-0.1, -0.05) is 43.3 Å². The Labute approximate surface area is 163 Å². The van der Waals surface area contributed by atoms with Crippen molar-refractivity contribution >= 4 is 22.4 Å². The lowest BCUT2D eigenvalue weighted by Gasteiger charge is -2.14. The molecule has 0 saturated heterocycles. The van der Waals surface area contributed by atoms with E-state index in [1.807, 2.05) is 41.8 Å². The van der Waals surface area contributed by atoms with Gasteiger partial charge in [0.25, 0.3) is 0 Å². The van der Waals surface area contributed by atoms with E-state index in [0.717, 1.165) is 24.3 Å². The van der Waals surface area contributed by atoms with Crippen molar-refractivity contribution in [2.45, 2.75) is 25.7 Å². The number of aromatic nitrogens is 1. The van der Waals surface area contributed by atoms with Crippen LogP contribution >= 0.6 is 11.3 Å². The lowest BCUT2D eigenvalue weighted by atomic mass is 9.94. The number of anilines is 1. The molecule has 138 valence electrons. The van der Waals surface area contributed by atoms with Crippen LogP contribution in [0.3, 0.4) is 0 Å². The maximum atomic E-state index is 12.8. The summed E-state index contributed by atoms with van der Waals surface area (Å²) in [4.78, 5) is 17.4. The Balaban J connectivity index is 1.40. The van der Waals surface area contributed by atoms with Gasteiger partial charge in [0, 0.05) is 17.7 Å². The van der Waals surface area contributed by atoms with Gasteiger partial charge in [-0.15, -0.1) is 11.3 Å². The lowest BCUT2D eigenvalue weighted by Crippen LogP contribution is -2.25. The van der Waals surface area contributed by atoms with Gasteiger partial charge >= 0.3 is 0 Å². The van der Waals surface area contributed by atoms with Crippen LogP contribution in [0.2, 0.25) is 0 Å². The van der Waals surface area contributed by atoms with Crippen LogP contribution in [0.15, 0.2) is 53.9 Å². The molecular formula is C22H22N2O2S. The SMILES string of the molecule is COc1ccc(Cc2csc(NC(=O)[C@@H]3Cc4ccccc4[C@H]3C)n2)cc1. The Morgan fingerprint density at radius 1 is 1.22 bits per heavy atom. The van der Waals surface area contributed by atoms with E-state index in [2.05, 4.69) is 29.4 Å². The molecule has 4 rings (SSSR count). The summed E-state index contributed by atoms with van der Waals surface area (Å²) >= 11 is 1.48. The number of ether oxygens (including phenoxy) is 1. The molecule has 1 heterocycles. The molecule has 0 bridgehead atoms. The fourth-order valence-corrected chi connectivity index (χ4v) is 4.42. The van der Waals surface area contributed by atoms with Crippen LogP contribution in [0.4, 0.5) is 5.13 Å². The molecule has 1 N–H and O–H groups in total. The van der Waals surface area contributed by atoms with E-state index in [0.29, 0.717) is 5.13 Å². The minimum absolute atomic E-state index is 0.0312. The van der Waals surface area contributed by atoms with Crippen molar-refractivity contribution in [2.75, 3.05) is 12.4 Å². The van der Waals surface area contributed by atoms with Crippen LogP contribution in [0, 0.1) is 5.92 Å². The molecule has 2 atom stereocenters. The minimum atomic E-state index is -0.0312. The third kappa shape index (κ3) is 3.74. The summed E-state index contributed by atoms with van der Waals surface area (Å²) in [5.41, 5.74) is 4.70. The second kappa shape index (κ2) is 7.53. The summed E-state index contributed by atoms with van der Waals surface area (Å²) in [6.45, 7) is 2.13. The second-order valence-electron chi connectivity index (χ2n) is 6.96. The average molecular weight is 378 g/mol. The normalized spacial score (nSPS) is 18.1. The molecule has 1 aliphatic carbocycles. The summed E-state index contributed by atoms with van der Waals surface area (Å²) in [6, 6.07) is 16.3. The first-order chi connectivity index (χ1) is 13.1. The third-order valence-corrected chi connectivity index (χ3v) is 6.06. The van der Waals surface area contributed by atoms with E-state index in [-0.39, 0.29) is 17.7 Å². The van der Waals surface area contributed by atoms with Gasteiger partial charge in [0.15, 0.2) is 5.13 Å². The molecule has 0 fully saturated rings. The Morgan fingerprint density at radius 3 is 2.74 bits per heavy atom. The van der Waals surface area contributed by atoms with E-state index in [4.69, 9.17) is 4.74 Å². The zero-order valence-electron chi connectivity index (χ0n) is 15.4. The smallest absolute Gasteiger partial charge is 0.230 e. The van der Waals surface area contributed by atoms with Crippen LogP contribution < -0.4 is 10.1 Å². The van der Waals surface area contributed by atoms with E-state index < -0.39 is 0 Å². The standard InChI is InChI=1S/C22H22N2O2S/c1-14-19-6-4-3-5-16(19)12-20(14)21(25)24-22-23-17(13-27-22)11-15-7-9-18(26-2)10-8-15/h3-10,13-14,20H,11-12H2,1-2H3,(H,23,24,25)/t14-,20-/m1/s1. The molecular weight excluding hydrogens is 356 g/mol. The first-order valence-electron chi connectivity index (χ1n) is 9.10. The molecule has 2 aromatic carbocycles. The van der Waals surface area contributed by atoms with E-state index in [9.17, 15) is 4.79 Å². The number of thiazole rings is 1. The summed E-state index contributed by atoms with van der Waals surface area (Å²) in [5.74, 6) is 1.11. The highest BCUT2D eigenvalue weighted by Crippen LogP contribution is 2.38. The number of rotatable bonds is 5. The molecule has 0 radical (unpaired) electrons. The first kappa shape index (κ1) is 17.7. The average Bonchev–Trinajstić information content (AvgIpc) is 3.27. The summed E-state index contributed by atoms with van der Waals surface area (Å²) < 4.78 is 5.19. The molecule has 3 aromatic rings. The molecule has 0 aliphatic heterocycles. The zero-order chi connectivity index (χ0) is 18.8. The van der Waals surface area contributed by atoms with Gasteiger partial charge < -0.3 is 10.1 Å². The van der Waals surface area contributed by atoms with Crippen molar-refractivity contribution in [3.05, 3.63) is 76.3 Å². The van der Waals surface area contributed by atoms with Gasteiger partial charge in [-0.2, -0.15) is 0 Å².